The number of hydrogen-bond acceptors (Lipinski definition) is 12. The lowest BCUT2D eigenvalue weighted by Crippen LogP contribution is -2.49. The average molecular weight is 832 g/mol. The number of carboxylic acids is 1. The van der Waals surface area contributed by atoms with Gasteiger partial charge in [0.05, 0.1) is 23.8 Å². The van der Waals surface area contributed by atoms with E-state index in [9.17, 15) is 34.2 Å². The number of rotatable bonds is 18. The van der Waals surface area contributed by atoms with Crippen LogP contribution in [0.1, 0.15) is 41.3 Å². The lowest BCUT2D eigenvalue weighted by atomic mass is 10.1. The first-order valence-electron chi connectivity index (χ1n) is 19.3. The molecule has 2 heterocycles. The molecule has 10 N–H and O–H groups in total. The van der Waals surface area contributed by atoms with Gasteiger partial charge >= 0.3 is 24.2 Å². The summed E-state index contributed by atoms with van der Waals surface area (Å²) in [6.07, 6.45) is 1.27. The Labute approximate surface area is 344 Å². The second-order valence-electron chi connectivity index (χ2n) is 13.9. The topological polar surface area (TPSA) is 256 Å². The van der Waals surface area contributed by atoms with Crippen molar-refractivity contribution in [3.8, 4) is 0 Å². The van der Waals surface area contributed by atoms with Gasteiger partial charge in [0.15, 0.2) is 0 Å². The zero-order valence-corrected chi connectivity index (χ0v) is 33.1. The smallest absolute Gasteiger partial charge is 0.410 e. The van der Waals surface area contributed by atoms with Gasteiger partial charge in [-0.05, 0) is 55.2 Å². The first-order valence-corrected chi connectivity index (χ1v) is 19.3. The van der Waals surface area contributed by atoms with Crippen molar-refractivity contribution in [3.05, 3.63) is 118 Å². The number of primary amides is 1. The number of alkyl carbamates (subject to hydrolysis) is 1. The Kier molecular flexibility index (Phi) is 15.5. The van der Waals surface area contributed by atoms with Crippen molar-refractivity contribution >= 4 is 46.5 Å². The summed E-state index contributed by atoms with van der Waals surface area (Å²) < 4.78 is 27.7. The number of urea groups is 1. The van der Waals surface area contributed by atoms with Crippen molar-refractivity contribution in [2.75, 3.05) is 49.5 Å². The number of nitrogens with two attached hydrogens (primary N) is 2. The molecule has 0 bridgehead atoms. The lowest BCUT2D eigenvalue weighted by molar-refractivity contribution is 0.0694. The normalized spacial score (nSPS) is 13.9. The van der Waals surface area contributed by atoms with Crippen molar-refractivity contribution in [3.63, 3.8) is 0 Å². The number of ether oxygens (including phenoxy) is 2. The number of hydrogen-bond donors (Lipinski definition) is 8. The molecule has 5 rings (SSSR count). The summed E-state index contributed by atoms with van der Waals surface area (Å²) in [7, 11) is 0. The molecule has 2 atom stereocenters. The fraction of sp³-hybridized carbons (Fsp3) is 0.341. The number of pyridine rings is 1. The van der Waals surface area contributed by atoms with E-state index in [4.69, 9.17) is 20.9 Å². The molecule has 4 amide bonds. The molecule has 1 aliphatic heterocycles. The molecular weight excluding hydrogens is 782 g/mol. The van der Waals surface area contributed by atoms with Crippen LogP contribution in [0.25, 0.3) is 10.9 Å². The summed E-state index contributed by atoms with van der Waals surface area (Å²) in [6, 6.07) is 17.5. The van der Waals surface area contributed by atoms with Crippen LogP contribution in [0.2, 0.25) is 0 Å². The minimum Gasteiger partial charge on any atom is -0.477 e. The molecule has 1 aliphatic rings. The van der Waals surface area contributed by atoms with Crippen LogP contribution in [0.5, 0.6) is 0 Å². The summed E-state index contributed by atoms with van der Waals surface area (Å²) in [4.78, 5) is 63.8. The van der Waals surface area contributed by atoms with E-state index in [0.29, 0.717) is 49.2 Å². The SMILES string of the molecule is CCn1cc(C(=O)O)c(=O)c2cc(F)c(N3CCN(C(=O)OCc4ccc(NC(O)[C@H](CCCNC(N)=O)N/C=C(\N)CNC(=O)OCc5ccccc5)cc4)CC3)cc21. The van der Waals surface area contributed by atoms with E-state index < -0.39 is 53.3 Å². The van der Waals surface area contributed by atoms with Crippen LogP contribution in [-0.4, -0.2) is 95.4 Å². The van der Waals surface area contributed by atoms with E-state index in [-0.39, 0.29) is 56.2 Å². The predicted octanol–water partition coefficient (Wildman–Crippen LogP) is 3.18. The van der Waals surface area contributed by atoms with E-state index >= 15 is 4.39 Å². The number of amides is 4. The number of nitrogens with one attached hydrogen (secondary N) is 4. The first kappa shape index (κ1) is 44.1. The van der Waals surface area contributed by atoms with Gasteiger partial charge in [0.1, 0.15) is 30.8 Å². The lowest BCUT2D eigenvalue weighted by Gasteiger charge is -2.35. The molecule has 1 saturated heterocycles. The third kappa shape index (κ3) is 12.2. The molecule has 4 aromatic rings. The van der Waals surface area contributed by atoms with Crippen molar-refractivity contribution in [2.24, 2.45) is 11.5 Å². The fourth-order valence-electron chi connectivity index (χ4n) is 6.47. The standard InChI is InChI=1S/C41H50FN9O9/c1-2-49-23-31(38(54)55)36(52)30-19-32(42)35(20-34(30)49)50-15-17-51(18-16-50)41(58)60-25-27-10-12-29(13-11-27)48-37(53)33(9-6-14-45-39(44)56)46-21-28(43)22-47-40(57)59-24-26-7-4-3-5-8-26/h3-5,7-8,10-13,19-21,23,33,37,46,48,53H,2,6,9,14-18,22,24-25,43H2,1H3,(H,47,57)(H,54,55)(H3,44,45,56)/b28-21-/t33-,37?/m0/s1. The molecule has 1 aromatic heterocycles. The van der Waals surface area contributed by atoms with Gasteiger partial charge in [0, 0.05) is 68.4 Å². The Balaban J connectivity index is 1.10. The molecule has 0 spiro atoms. The fourth-order valence-corrected chi connectivity index (χ4v) is 6.47. The molecule has 18 nitrogen and oxygen atoms in total. The Bertz CT molecular complexity index is 2210. The number of aliphatic hydroxyl groups excluding tert-OH is 1. The van der Waals surface area contributed by atoms with Gasteiger partial charge in [0.25, 0.3) is 0 Å². The van der Waals surface area contributed by atoms with Gasteiger partial charge in [-0.1, -0.05) is 42.5 Å². The highest BCUT2D eigenvalue weighted by Crippen LogP contribution is 2.27. The summed E-state index contributed by atoms with van der Waals surface area (Å²) >= 11 is 0. The molecule has 1 fully saturated rings. The Morgan fingerprint density at radius 2 is 1.62 bits per heavy atom. The summed E-state index contributed by atoms with van der Waals surface area (Å²) in [6.45, 7) is 3.60. The van der Waals surface area contributed by atoms with Gasteiger partial charge in [-0.3, -0.25) is 4.79 Å². The molecule has 3 aromatic carbocycles. The highest BCUT2D eigenvalue weighted by molar-refractivity contribution is 5.93. The Morgan fingerprint density at radius 1 is 0.933 bits per heavy atom. The summed E-state index contributed by atoms with van der Waals surface area (Å²) in [5.74, 6) is -2.05. The number of anilines is 2. The second kappa shape index (κ2) is 21.1. The van der Waals surface area contributed by atoms with Crippen LogP contribution in [-0.2, 0) is 29.2 Å². The van der Waals surface area contributed by atoms with E-state index in [1.807, 2.05) is 30.3 Å². The molecule has 0 saturated carbocycles. The van der Waals surface area contributed by atoms with Crippen molar-refractivity contribution in [1.29, 1.82) is 0 Å². The van der Waals surface area contributed by atoms with Gasteiger partial charge in [0.2, 0.25) is 5.43 Å². The molecule has 0 radical (unpaired) electrons. The minimum absolute atomic E-state index is 0.0167. The van der Waals surface area contributed by atoms with Gasteiger partial charge in [-0.25, -0.2) is 23.6 Å². The number of benzene rings is 3. The summed E-state index contributed by atoms with van der Waals surface area (Å²) in [5, 5.41) is 31.7. The van der Waals surface area contributed by atoms with E-state index in [2.05, 4.69) is 21.3 Å². The van der Waals surface area contributed by atoms with E-state index in [1.165, 1.54) is 23.4 Å². The quantitative estimate of drug-likeness (QED) is 0.0531. The highest BCUT2D eigenvalue weighted by Gasteiger charge is 2.26. The van der Waals surface area contributed by atoms with Crippen LogP contribution in [0.15, 0.2) is 89.6 Å². The predicted molar refractivity (Wildman–Crippen MR) is 221 cm³/mol. The van der Waals surface area contributed by atoms with Gasteiger partial charge < -0.3 is 66.8 Å². The number of piperazine rings is 1. The van der Waals surface area contributed by atoms with Crippen LogP contribution in [0.3, 0.4) is 0 Å². The van der Waals surface area contributed by atoms with E-state index in [1.54, 1.807) is 40.7 Å². The number of aromatic carboxylic acids is 1. The average Bonchev–Trinajstić information content (AvgIpc) is 3.24. The zero-order valence-electron chi connectivity index (χ0n) is 33.1. The summed E-state index contributed by atoms with van der Waals surface area (Å²) in [5.41, 5.74) is 13.1. The molecule has 60 heavy (non-hydrogen) atoms. The first-order chi connectivity index (χ1) is 28.8. The number of carbonyl (C=O) groups excluding carboxylic acids is 3. The van der Waals surface area contributed by atoms with Crippen molar-refractivity contribution in [2.45, 2.75) is 51.8 Å². The largest absolute Gasteiger partial charge is 0.477 e. The molecule has 19 heteroatoms. The maximum Gasteiger partial charge on any atom is 0.410 e. The maximum absolute atomic E-state index is 15.3. The van der Waals surface area contributed by atoms with Crippen LogP contribution in [0, 0.1) is 5.82 Å². The van der Waals surface area contributed by atoms with Crippen molar-refractivity contribution in [1.82, 2.24) is 25.4 Å². The molecule has 320 valence electrons. The number of carboxylic acid groups (broad SMARTS) is 1. The van der Waals surface area contributed by atoms with Crippen molar-refractivity contribution < 1.29 is 43.3 Å². The van der Waals surface area contributed by atoms with Crippen LogP contribution in [0.4, 0.5) is 30.1 Å². The molecular formula is C41H50FN9O9. The van der Waals surface area contributed by atoms with Crippen LogP contribution >= 0.6 is 0 Å². The monoisotopic (exact) mass is 831 g/mol. The van der Waals surface area contributed by atoms with Crippen LogP contribution < -0.4 is 43.1 Å². The maximum atomic E-state index is 15.3. The van der Waals surface area contributed by atoms with Gasteiger partial charge in [-0.15, -0.1) is 0 Å². The number of nitrogens with zero attached hydrogens (tertiary/aromatic N) is 3. The Hall–Kier alpha value is -7.02. The number of aliphatic hydroxyl groups is 1. The van der Waals surface area contributed by atoms with E-state index in [0.717, 1.165) is 11.6 Å². The Morgan fingerprint density at radius 3 is 2.28 bits per heavy atom. The molecule has 0 aliphatic carbocycles. The van der Waals surface area contributed by atoms with Gasteiger partial charge in [-0.2, -0.15) is 0 Å². The number of aryl methyl sites for hydroxylation is 1. The zero-order chi connectivity index (χ0) is 43.2. The third-order valence-corrected chi connectivity index (χ3v) is 9.73. The number of fused-ring (bicyclic) bond motifs is 1. The number of carbonyl (C=O) groups is 4. The second-order valence-corrected chi connectivity index (χ2v) is 13.9. The third-order valence-electron chi connectivity index (χ3n) is 9.73. The highest BCUT2D eigenvalue weighted by atomic mass is 19.1. The number of halogens is 1. The minimum atomic E-state index is -1.38. The molecule has 1 unspecified atom stereocenters. The number of aromatic nitrogens is 1.